The Bertz CT molecular complexity index is 407. The number of rotatable bonds is 3. The van der Waals surface area contributed by atoms with Crippen molar-refractivity contribution in [2.45, 2.75) is 38.7 Å². The lowest BCUT2D eigenvalue weighted by atomic mass is 9.95. The lowest BCUT2D eigenvalue weighted by Crippen LogP contribution is -2.10. The topological polar surface area (TPSA) is 29.5 Å². The molecule has 0 radical (unpaired) electrons. The molecule has 2 heteroatoms. The van der Waals surface area contributed by atoms with Gasteiger partial charge in [-0.1, -0.05) is 12.1 Å². The lowest BCUT2D eigenvalue weighted by Gasteiger charge is -2.12. The average molecular weight is 218 g/mol. The normalized spacial score (nSPS) is 25.0. The van der Waals surface area contributed by atoms with Crippen LogP contribution in [-0.4, -0.2) is 17.8 Å². The Hall–Kier alpha value is -1.02. The van der Waals surface area contributed by atoms with Gasteiger partial charge in [0.25, 0.3) is 0 Å². The van der Waals surface area contributed by atoms with Crippen molar-refractivity contribution in [3.8, 4) is 5.75 Å². The molecule has 1 heterocycles. The monoisotopic (exact) mass is 218 g/mol. The van der Waals surface area contributed by atoms with E-state index in [0.29, 0.717) is 12.7 Å². The Kier molecular flexibility index (Phi) is 2.21. The van der Waals surface area contributed by atoms with Gasteiger partial charge in [0.1, 0.15) is 11.9 Å². The number of ether oxygens (including phenoxy) is 1. The molecule has 16 heavy (non-hydrogen) atoms. The van der Waals surface area contributed by atoms with Crippen LogP contribution in [0.25, 0.3) is 0 Å². The molecule has 86 valence electrons. The predicted octanol–water partition coefficient (Wildman–Crippen LogP) is 2.33. The SMILES string of the molecule is CC1Cc2cc(CC3(CO)CC3)ccc2O1. The molecule has 1 fully saturated rings. The van der Waals surface area contributed by atoms with Crippen molar-refractivity contribution < 1.29 is 9.84 Å². The van der Waals surface area contributed by atoms with Crippen LogP contribution in [0.1, 0.15) is 30.9 Å². The van der Waals surface area contributed by atoms with Crippen molar-refractivity contribution in [2.24, 2.45) is 5.41 Å². The van der Waals surface area contributed by atoms with E-state index in [4.69, 9.17) is 4.74 Å². The minimum Gasteiger partial charge on any atom is -0.490 e. The summed E-state index contributed by atoms with van der Waals surface area (Å²) in [6.45, 7) is 2.44. The summed E-state index contributed by atoms with van der Waals surface area (Å²) in [5.41, 5.74) is 2.89. The van der Waals surface area contributed by atoms with Crippen LogP contribution < -0.4 is 4.74 Å². The van der Waals surface area contributed by atoms with Crippen LogP contribution in [0.5, 0.6) is 5.75 Å². The maximum Gasteiger partial charge on any atom is 0.123 e. The van der Waals surface area contributed by atoms with Gasteiger partial charge in [-0.25, -0.2) is 0 Å². The van der Waals surface area contributed by atoms with Crippen molar-refractivity contribution in [1.29, 1.82) is 0 Å². The van der Waals surface area contributed by atoms with Crippen LogP contribution in [-0.2, 0) is 12.8 Å². The molecule has 1 unspecified atom stereocenters. The van der Waals surface area contributed by atoms with Crippen molar-refractivity contribution in [3.05, 3.63) is 29.3 Å². The molecule has 0 saturated heterocycles. The van der Waals surface area contributed by atoms with Gasteiger partial charge in [-0.05, 0) is 48.8 Å². The minimum absolute atomic E-state index is 0.208. The maximum absolute atomic E-state index is 9.33. The second-order valence-electron chi connectivity index (χ2n) is 5.41. The highest BCUT2D eigenvalue weighted by Crippen LogP contribution is 2.48. The number of fused-ring (bicyclic) bond motifs is 1. The molecule has 1 aliphatic heterocycles. The highest BCUT2D eigenvalue weighted by atomic mass is 16.5. The quantitative estimate of drug-likeness (QED) is 0.843. The number of aliphatic hydroxyl groups is 1. The summed E-state index contributed by atoms with van der Waals surface area (Å²) >= 11 is 0. The number of benzene rings is 1. The fourth-order valence-electron chi connectivity index (χ4n) is 2.59. The van der Waals surface area contributed by atoms with Gasteiger partial charge in [0.2, 0.25) is 0 Å². The van der Waals surface area contributed by atoms with E-state index in [9.17, 15) is 5.11 Å². The molecule has 1 atom stereocenters. The smallest absolute Gasteiger partial charge is 0.123 e. The molecule has 1 aliphatic carbocycles. The zero-order valence-corrected chi connectivity index (χ0v) is 9.70. The van der Waals surface area contributed by atoms with Gasteiger partial charge in [0, 0.05) is 13.0 Å². The van der Waals surface area contributed by atoms with E-state index in [1.54, 1.807) is 0 Å². The third kappa shape index (κ3) is 1.71. The van der Waals surface area contributed by atoms with Crippen LogP contribution in [0.3, 0.4) is 0 Å². The Morgan fingerprint density at radius 2 is 2.25 bits per heavy atom. The van der Waals surface area contributed by atoms with Gasteiger partial charge < -0.3 is 9.84 Å². The molecular formula is C14H18O2. The highest BCUT2D eigenvalue weighted by Gasteiger charge is 2.41. The molecule has 0 spiro atoms. The number of hydrogen-bond acceptors (Lipinski definition) is 2. The van der Waals surface area contributed by atoms with E-state index < -0.39 is 0 Å². The Labute approximate surface area is 96.2 Å². The second-order valence-corrected chi connectivity index (χ2v) is 5.41. The zero-order valence-electron chi connectivity index (χ0n) is 9.70. The largest absolute Gasteiger partial charge is 0.490 e. The van der Waals surface area contributed by atoms with Crippen LogP contribution in [0, 0.1) is 5.41 Å². The Morgan fingerprint density at radius 1 is 1.44 bits per heavy atom. The maximum atomic E-state index is 9.33. The predicted molar refractivity (Wildman–Crippen MR) is 62.7 cm³/mol. The van der Waals surface area contributed by atoms with Crippen molar-refractivity contribution >= 4 is 0 Å². The van der Waals surface area contributed by atoms with Gasteiger partial charge in [-0.3, -0.25) is 0 Å². The van der Waals surface area contributed by atoms with Crippen LogP contribution >= 0.6 is 0 Å². The summed E-state index contributed by atoms with van der Waals surface area (Å²) in [5, 5.41) is 9.33. The van der Waals surface area contributed by atoms with Gasteiger partial charge in [0.15, 0.2) is 0 Å². The summed E-state index contributed by atoms with van der Waals surface area (Å²) in [4.78, 5) is 0. The summed E-state index contributed by atoms with van der Waals surface area (Å²) < 4.78 is 5.68. The molecule has 0 amide bonds. The molecule has 2 aliphatic rings. The van der Waals surface area contributed by atoms with Crippen molar-refractivity contribution in [2.75, 3.05) is 6.61 Å². The zero-order chi connectivity index (χ0) is 11.2. The molecule has 2 nitrogen and oxygen atoms in total. The van der Waals surface area contributed by atoms with Gasteiger partial charge in [-0.2, -0.15) is 0 Å². The third-order valence-electron chi connectivity index (χ3n) is 3.83. The first kappa shape index (κ1) is 10.2. The summed E-state index contributed by atoms with van der Waals surface area (Å²) in [6, 6.07) is 6.49. The second kappa shape index (κ2) is 3.49. The average Bonchev–Trinajstić information content (AvgIpc) is 2.93. The summed E-state index contributed by atoms with van der Waals surface area (Å²) in [7, 11) is 0. The molecule has 0 bridgehead atoms. The third-order valence-corrected chi connectivity index (χ3v) is 3.83. The van der Waals surface area contributed by atoms with E-state index >= 15 is 0 Å². The first-order valence-corrected chi connectivity index (χ1v) is 6.10. The van der Waals surface area contributed by atoms with E-state index in [2.05, 4.69) is 25.1 Å². The van der Waals surface area contributed by atoms with Crippen molar-refractivity contribution in [3.63, 3.8) is 0 Å². The van der Waals surface area contributed by atoms with E-state index in [0.717, 1.165) is 18.6 Å². The number of hydrogen-bond donors (Lipinski definition) is 1. The van der Waals surface area contributed by atoms with E-state index in [-0.39, 0.29) is 5.41 Å². The van der Waals surface area contributed by atoms with Crippen molar-refractivity contribution in [1.82, 2.24) is 0 Å². The molecule has 3 rings (SSSR count). The van der Waals surface area contributed by atoms with Crippen LogP contribution in [0.4, 0.5) is 0 Å². The van der Waals surface area contributed by atoms with Gasteiger partial charge >= 0.3 is 0 Å². The fourth-order valence-corrected chi connectivity index (χ4v) is 2.59. The van der Waals surface area contributed by atoms with Crippen LogP contribution in [0.15, 0.2) is 18.2 Å². The number of aliphatic hydroxyl groups excluding tert-OH is 1. The first-order chi connectivity index (χ1) is 7.71. The minimum atomic E-state index is 0.208. The Morgan fingerprint density at radius 3 is 2.94 bits per heavy atom. The van der Waals surface area contributed by atoms with Crippen LogP contribution in [0.2, 0.25) is 0 Å². The molecule has 0 aromatic heterocycles. The standard InChI is InChI=1S/C14H18O2/c1-10-6-12-7-11(2-3-13(12)16-10)8-14(9-15)4-5-14/h2-3,7,10,15H,4-6,8-9H2,1H3. The molecular weight excluding hydrogens is 200 g/mol. The first-order valence-electron chi connectivity index (χ1n) is 6.10. The molecule has 1 saturated carbocycles. The summed E-state index contributed by atoms with van der Waals surface area (Å²) in [5.74, 6) is 1.05. The lowest BCUT2D eigenvalue weighted by molar-refractivity contribution is 0.211. The molecule has 1 N–H and O–H groups in total. The molecule has 1 aromatic carbocycles. The Balaban J connectivity index is 1.80. The summed E-state index contributed by atoms with van der Waals surface area (Å²) in [6.07, 6.45) is 4.71. The van der Waals surface area contributed by atoms with Gasteiger partial charge in [0.05, 0.1) is 0 Å². The highest BCUT2D eigenvalue weighted by molar-refractivity contribution is 5.41. The van der Waals surface area contributed by atoms with E-state index in [1.165, 1.54) is 24.0 Å². The van der Waals surface area contributed by atoms with Gasteiger partial charge in [-0.15, -0.1) is 0 Å². The molecule has 1 aromatic rings. The fraction of sp³-hybridized carbons (Fsp3) is 0.571. The van der Waals surface area contributed by atoms with E-state index in [1.807, 2.05) is 0 Å².